The minimum Gasteiger partial charge on any atom is -0.192 e. The lowest BCUT2D eigenvalue weighted by molar-refractivity contribution is 1.36. The monoisotopic (exact) mass is 177 g/mol. The number of hydrogen-bond donors (Lipinski definition) is 0. The Labute approximate surface area is 80.5 Å². The third-order valence-electron chi connectivity index (χ3n) is 1.59. The Balaban J connectivity index is 3.70. The number of benzene rings is 1. The fourth-order valence-corrected chi connectivity index (χ4v) is 0.953. The third-order valence-corrected chi connectivity index (χ3v) is 1.59. The molecule has 0 heterocycles. The van der Waals surface area contributed by atoms with Gasteiger partial charge in [-0.3, -0.25) is 0 Å². The summed E-state index contributed by atoms with van der Waals surface area (Å²) in [6.07, 6.45) is 0. The largest absolute Gasteiger partial charge is 0.192 e. The van der Waals surface area contributed by atoms with E-state index in [1.165, 1.54) is 6.07 Å². The molecule has 0 aromatic heterocycles. The predicted molar refractivity (Wildman–Crippen MR) is 44.1 cm³/mol. The van der Waals surface area contributed by atoms with E-state index < -0.39 is 0 Å². The molecule has 0 amide bonds. The van der Waals surface area contributed by atoms with Gasteiger partial charge in [0.1, 0.15) is 24.3 Å². The van der Waals surface area contributed by atoms with E-state index in [1.807, 2.05) is 0 Å². The van der Waals surface area contributed by atoms with Crippen LogP contribution in [0.5, 0.6) is 0 Å². The van der Waals surface area contributed by atoms with Crippen LogP contribution in [0.25, 0.3) is 0 Å². The molecule has 0 fully saturated rings. The first-order valence-electron chi connectivity index (χ1n) is 3.47. The highest BCUT2D eigenvalue weighted by Crippen LogP contribution is 2.16. The van der Waals surface area contributed by atoms with Crippen LogP contribution >= 0.6 is 0 Å². The van der Waals surface area contributed by atoms with Gasteiger partial charge in [-0.2, -0.15) is 21.0 Å². The molecule has 14 heavy (non-hydrogen) atoms. The van der Waals surface area contributed by atoms with Crippen molar-refractivity contribution in [3.05, 3.63) is 34.4 Å². The molecule has 0 saturated heterocycles. The van der Waals surface area contributed by atoms with Gasteiger partial charge in [0, 0.05) is 6.07 Å². The van der Waals surface area contributed by atoms with Crippen LogP contribution in [0.1, 0.15) is 22.3 Å². The summed E-state index contributed by atoms with van der Waals surface area (Å²) in [6, 6.07) is 10.6. The van der Waals surface area contributed by atoms with Crippen molar-refractivity contribution < 1.29 is 0 Å². The van der Waals surface area contributed by atoms with Crippen molar-refractivity contribution in [3.63, 3.8) is 0 Å². The van der Waals surface area contributed by atoms with Crippen LogP contribution in [0.3, 0.4) is 0 Å². The molecule has 0 bridgehead atoms. The summed E-state index contributed by atoms with van der Waals surface area (Å²) in [5.74, 6) is 0. The molecule has 0 unspecified atom stereocenters. The lowest BCUT2D eigenvalue weighted by Gasteiger charge is -1.97. The van der Waals surface area contributed by atoms with Gasteiger partial charge in [-0.1, -0.05) is 0 Å². The van der Waals surface area contributed by atoms with Gasteiger partial charge in [0.25, 0.3) is 0 Å². The molecule has 1 aromatic carbocycles. The van der Waals surface area contributed by atoms with Crippen LogP contribution in [0.2, 0.25) is 0 Å². The topological polar surface area (TPSA) is 95.2 Å². The number of hydrogen-bond acceptors (Lipinski definition) is 4. The molecule has 1 radical (unpaired) electrons. The summed E-state index contributed by atoms with van der Waals surface area (Å²) in [5.41, 5.74) is -0.106. The second kappa shape index (κ2) is 3.72. The number of nitrogens with zero attached hydrogens (tertiary/aromatic N) is 4. The Morgan fingerprint density at radius 1 is 0.857 bits per heavy atom. The molecule has 0 spiro atoms. The molecule has 0 atom stereocenters. The van der Waals surface area contributed by atoms with Crippen LogP contribution < -0.4 is 0 Å². The third kappa shape index (κ3) is 1.25. The second-order valence-electron chi connectivity index (χ2n) is 2.27. The van der Waals surface area contributed by atoms with E-state index in [4.69, 9.17) is 21.0 Å². The summed E-state index contributed by atoms with van der Waals surface area (Å²) >= 11 is 0. The quantitative estimate of drug-likeness (QED) is 0.589. The van der Waals surface area contributed by atoms with Crippen molar-refractivity contribution >= 4 is 0 Å². The Morgan fingerprint density at radius 2 is 1.50 bits per heavy atom. The zero-order valence-corrected chi connectivity index (χ0v) is 6.87. The summed E-state index contributed by atoms with van der Waals surface area (Å²) in [6.45, 7) is 0. The molecule has 0 aliphatic rings. The van der Waals surface area contributed by atoms with Gasteiger partial charge in [0.2, 0.25) is 0 Å². The summed E-state index contributed by atoms with van der Waals surface area (Å²) in [4.78, 5) is 0. The van der Waals surface area contributed by atoms with Crippen LogP contribution in [0.15, 0.2) is 6.07 Å². The molecule has 4 heteroatoms. The standard InChI is InChI=1S/C10HN4/c11-3-7-1-2-8(4-12)10(6-14)9(7)5-13/h1H. The first-order valence-corrected chi connectivity index (χ1v) is 3.47. The van der Waals surface area contributed by atoms with Gasteiger partial charge in [0.05, 0.1) is 22.3 Å². The minimum atomic E-state index is -0.0888. The lowest BCUT2D eigenvalue weighted by atomic mass is 9.99. The van der Waals surface area contributed by atoms with E-state index >= 15 is 0 Å². The zero-order valence-electron chi connectivity index (χ0n) is 6.87. The average Bonchev–Trinajstić information content (AvgIpc) is 2.26. The van der Waals surface area contributed by atoms with Crippen molar-refractivity contribution in [1.29, 1.82) is 21.0 Å². The maximum atomic E-state index is 8.71. The fraction of sp³-hybridized carbons (Fsp3) is 0. The van der Waals surface area contributed by atoms with Crippen molar-refractivity contribution in [1.82, 2.24) is 0 Å². The van der Waals surface area contributed by atoms with E-state index in [2.05, 4.69) is 6.07 Å². The maximum Gasteiger partial charge on any atom is 0.102 e. The van der Waals surface area contributed by atoms with Crippen LogP contribution in [0, 0.1) is 51.4 Å². The molecule has 0 saturated carbocycles. The molecular formula is C10HN4. The molecule has 1 aromatic rings. The predicted octanol–water partition coefficient (Wildman–Crippen LogP) is 0.974. The van der Waals surface area contributed by atoms with Crippen molar-refractivity contribution in [3.8, 4) is 24.3 Å². The molecule has 4 nitrogen and oxygen atoms in total. The first-order chi connectivity index (χ1) is 6.78. The van der Waals surface area contributed by atoms with Gasteiger partial charge < -0.3 is 0 Å². The van der Waals surface area contributed by atoms with Gasteiger partial charge in [-0.25, -0.2) is 0 Å². The van der Waals surface area contributed by atoms with Gasteiger partial charge in [0.15, 0.2) is 0 Å². The lowest BCUT2D eigenvalue weighted by Crippen LogP contribution is -1.93. The number of rotatable bonds is 0. The fourth-order valence-electron chi connectivity index (χ4n) is 0.953. The normalized spacial score (nSPS) is 7.71. The average molecular weight is 177 g/mol. The van der Waals surface area contributed by atoms with Crippen molar-refractivity contribution in [2.45, 2.75) is 0 Å². The van der Waals surface area contributed by atoms with E-state index in [9.17, 15) is 0 Å². The Bertz CT molecular complexity index is 493. The van der Waals surface area contributed by atoms with Crippen LogP contribution in [0.4, 0.5) is 0 Å². The van der Waals surface area contributed by atoms with Gasteiger partial charge in [-0.15, -0.1) is 0 Å². The molecule has 0 aliphatic heterocycles. The highest BCUT2D eigenvalue weighted by atomic mass is 14.3. The molecular weight excluding hydrogens is 176 g/mol. The SMILES string of the molecule is N#Cc1[c]cc(C#N)c(C#N)c1C#N. The van der Waals surface area contributed by atoms with E-state index in [0.29, 0.717) is 0 Å². The first kappa shape index (κ1) is 9.27. The van der Waals surface area contributed by atoms with E-state index in [-0.39, 0.29) is 22.3 Å². The zero-order chi connectivity index (χ0) is 10.6. The summed E-state index contributed by atoms with van der Waals surface area (Å²) in [5, 5.41) is 34.6. The smallest absolute Gasteiger partial charge is 0.102 e. The Kier molecular flexibility index (Phi) is 2.46. The van der Waals surface area contributed by atoms with E-state index in [1.54, 1.807) is 24.3 Å². The van der Waals surface area contributed by atoms with Crippen molar-refractivity contribution in [2.75, 3.05) is 0 Å². The van der Waals surface area contributed by atoms with Crippen molar-refractivity contribution in [2.24, 2.45) is 0 Å². The van der Waals surface area contributed by atoms with Gasteiger partial charge >= 0.3 is 0 Å². The Morgan fingerprint density at radius 3 is 1.93 bits per heavy atom. The molecule has 0 aliphatic carbocycles. The highest BCUT2D eigenvalue weighted by Gasteiger charge is 2.12. The van der Waals surface area contributed by atoms with E-state index in [0.717, 1.165) is 0 Å². The summed E-state index contributed by atoms with van der Waals surface area (Å²) in [7, 11) is 0. The molecule has 0 N–H and O–H groups in total. The maximum absolute atomic E-state index is 8.71. The molecule has 1 rings (SSSR count). The highest BCUT2D eigenvalue weighted by molar-refractivity contribution is 5.60. The van der Waals surface area contributed by atoms with Crippen LogP contribution in [-0.2, 0) is 0 Å². The Hall–Kier alpha value is -2.82. The summed E-state index contributed by atoms with van der Waals surface area (Å²) < 4.78 is 0. The second-order valence-corrected chi connectivity index (χ2v) is 2.27. The number of nitriles is 4. The van der Waals surface area contributed by atoms with Gasteiger partial charge in [-0.05, 0) is 6.07 Å². The minimum absolute atomic E-state index is 0.0111. The van der Waals surface area contributed by atoms with Crippen LogP contribution in [-0.4, -0.2) is 0 Å². The molecule has 61 valence electrons.